The SMILES string of the molecule is COc1ccc(CN2C(C)CN(c3ccc(-c4cc(OCC(C)(C)O)cn5ncc(C#N)c45)cn3)CC2C)cn1.O. The second kappa shape index (κ2) is 12.1. The number of nitrogens with zero attached hydrogens (tertiary/aromatic N) is 7. The van der Waals surface area contributed by atoms with Crippen LogP contribution >= 0.6 is 0 Å². The second-order valence-corrected chi connectivity index (χ2v) is 11.0. The molecular weight excluding hydrogens is 522 g/mol. The van der Waals surface area contributed by atoms with Gasteiger partial charge in [0.2, 0.25) is 5.88 Å². The summed E-state index contributed by atoms with van der Waals surface area (Å²) < 4.78 is 12.7. The maximum atomic E-state index is 10.1. The molecule has 1 fully saturated rings. The van der Waals surface area contributed by atoms with Gasteiger partial charge >= 0.3 is 0 Å². The van der Waals surface area contributed by atoms with Gasteiger partial charge in [0.05, 0.1) is 36.2 Å². The number of fused-ring (bicyclic) bond motifs is 1. The first-order valence-electron chi connectivity index (χ1n) is 13.4. The lowest BCUT2D eigenvalue weighted by molar-refractivity contribution is 0.0283. The number of hydrogen-bond donors (Lipinski definition) is 1. The van der Waals surface area contributed by atoms with Gasteiger partial charge in [-0.2, -0.15) is 10.4 Å². The van der Waals surface area contributed by atoms with E-state index >= 15 is 0 Å². The smallest absolute Gasteiger partial charge is 0.212 e. The minimum Gasteiger partial charge on any atom is -0.489 e. The fraction of sp³-hybridized carbons (Fsp3) is 0.400. The van der Waals surface area contributed by atoms with E-state index in [0.29, 0.717) is 34.8 Å². The number of hydrogen-bond acceptors (Lipinski definition) is 9. The van der Waals surface area contributed by atoms with E-state index in [-0.39, 0.29) is 12.1 Å². The molecule has 0 amide bonds. The van der Waals surface area contributed by atoms with E-state index in [1.807, 2.05) is 36.7 Å². The highest BCUT2D eigenvalue weighted by Gasteiger charge is 2.30. The summed E-state index contributed by atoms with van der Waals surface area (Å²) in [5, 5.41) is 24.1. The third-order valence-corrected chi connectivity index (χ3v) is 7.16. The molecule has 1 aliphatic rings. The lowest BCUT2D eigenvalue weighted by atomic mass is 10.0. The van der Waals surface area contributed by atoms with Gasteiger partial charge in [0.15, 0.2) is 0 Å². The Morgan fingerprint density at radius 2 is 1.83 bits per heavy atom. The lowest BCUT2D eigenvalue weighted by Crippen LogP contribution is -2.56. The first-order valence-corrected chi connectivity index (χ1v) is 13.4. The van der Waals surface area contributed by atoms with E-state index in [0.717, 1.165) is 42.1 Å². The molecule has 11 heteroatoms. The van der Waals surface area contributed by atoms with Crippen LogP contribution in [0.5, 0.6) is 11.6 Å². The van der Waals surface area contributed by atoms with Crippen molar-refractivity contribution < 1.29 is 20.1 Å². The normalized spacial score (nSPS) is 17.6. The number of nitriles is 1. The first kappa shape index (κ1) is 29.7. The topological polar surface area (TPSA) is 144 Å². The minimum absolute atomic E-state index is 0. The quantitative estimate of drug-likeness (QED) is 0.344. The number of piperazine rings is 1. The molecule has 0 aliphatic carbocycles. The van der Waals surface area contributed by atoms with Crippen LogP contribution in [0.2, 0.25) is 0 Å². The molecule has 1 aliphatic heterocycles. The number of anilines is 1. The third kappa shape index (κ3) is 6.57. The molecule has 41 heavy (non-hydrogen) atoms. The van der Waals surface area contributed by atoms with Crippen LogP contribution in [0.3, 0.4) is 0 Å². The molecule has 5 heterocycles. The fourth-order valence-corrected chi connectivity index (χ4v) is 5.16. The highest BCUT2D eigenvalue weighted by atomic mass is 16.5. The lowest BCUT2D eigenvalue weighted by Gasteiger charge is -2.45. The average Bonchev–Trinajstić information content (AvgIpc) is 3.36. The van der Waals surface area contributed by atoms with Gasteiger partial charge < -0.3 is 25.0 Å². The largest absolute Gasteiger partial charge is 0.489 e. The summed E-state index contributed by atoms with van der Waals surface area (Å²) in [5.41, 5.74) is 2.99. The molecule has 4 aromatic heterocycles. The third-order valence-electron chi connectivity index (χ3n) is 7.16. The molecule has 0 radical (unpaired) electrons. The Bertz CT molecular complexity index is 1500. The second-order valence-electron chi connectivity index (χ2n) is 11.0. The summed E-state index contributed by atoms with van der Waals surface area (Å²) in [5.74, 6) is 2.08. The van der Waals surface area contributed by atoms with Crippen molar-refractivity contribution in [2.75, 3.05) is 31.7 Å². The van der Waals surface area contributed by atoms with Crippen LogP contribution in [0.1, 0.15) is 38.8 Å². The van der Waals surface area contributed by atoms with Crippen LogP contribution in [-0.4, -0.2) is 79.6 Å². The van der Waals surface area contributed by atoms with Gasteiger partial charge in [-0.3, -0.25) is 4.90 Å². The van der Waals surface area contributed by atoms with Crippen molar-refractivity contribution in [2.45, 2.75) is 51.9 Å². The van der Waals surface area contributed by atoms with Crippen molar-refractivity contribution in [1.82, 2.24) is 24.5 Å². The van der Waals surface area contributed by atoms with E-state index < -0.39 is 5.60 Å². The van der Waals surface area contributed by atoms with Crippen molar-refractivity contribution in [3.63, 3.8) is 0 Å². The fourth-order valence-electron chi connectivity index (χ4n) is 5.16. The standard InChI is InChI=1S/C30H35N7O3.H2O/c1-20-15-35(16-21(2)36(20)17-22-6-9-28(39-5)33-12-22)27-8-7-23(13-32-27)26-10-25(40-19-30(3,4)38)18-37-29(26)24(11-31)14-34-37;/h6-10,12-14,18,20-21,38H,15-17,19H2,1-5H3;1H2. The molecule has 2 unspecified atom stereocenters. The number of aliphatic hydroxyl groups is 1. The molecule has 0 saturated carbocycles. The predicted octanol–water partition coefficient (Wildman–Crippen LogP) is 3.10. The Balaban J connectivity index is 0.00000387. The Hall–Kier alpha value is -4.24. The number of pyridine rings is 3. The maximum Gasteiger partial charge on any atom is 0.212 e. The van der Waals surface area contributed by atoms with Crippen LogP contribution in [0.4, 0.5) is 5.82 Å². The molecule has 0 spiro atoms. The zero-order valence-electron chi connectivity index (χ0n) is 24.1. The summed E-state index contributed by atoms with van der Waals surface area (Å²) in [6, 6.07) is 12.8. The number of methoxy groups -OCH3 is 1. The Morgan fingerprint density at radius 1 is 1.07 bits per heavy atom. The van der Waals surface area contributed by atoms with Gasteiger partial charge in [-0.25, -0.2) is 14.5 Å². The van der Waals surface area contributed by atoms with E-state index in [1.165, 1.54) is 0 Å². The predicted molar refractivity (Wildman–Crippen MR) is 156 cm³/mol. The van der Waals surface area contributed by atoms with Crippen LogP contribution in [0.25, 0.3) is 16.6 Å². The summed E-state index contributed by atoms with van der Waals surface area (Å²) in [6.07, 6.45) is 6.98. The summed E-state index contributed by atoms with van der Waals surface area (Å²) in [6.45, 7) is 10.5. The van der Waals surface area contributed by atoms with E-state index in [1.54, 1.807) is 37.9 Å². The van der Waals surface area contributed by atoms with Gasteiger partial charge in [-0.1, -0.05) is 6.07 Å². The van der Waals surface area contributed by atoms with Crippen molar-refractivity contribution in [3.05, 3.63) is 66.2 Å². The van der Waals surface area contributed by atoms with Crippen molar-refractivity contribution in [1.29, 1.82) is 5.26 Å². The van der Waals surface area contributed by atoms with Crippen LogP contribution < -0.4 is 14.4 Å². The number of rotatable bonds is 8. The molecule has 11 nitrogen and oxygen atoms in total. The van der Waals surface area contributed by atoms with Crippen LogP contribution in [-0.2, 0) is 6.54 Å². The van der Waals surface area contributed by atoms with Gasteiger partial charge in [0.25, 0.3) is 0 Å². The minimum atomic E-state index is -0.982. The van der Waals surface area contributed by atoms with Gasteiger partial charge in [-0.15, -0.1) is 0 Å². The molecule has 216 valence electrons. The molecule has 4 aromatic rings. The van der Waals surface area contributed by atoms with Gasteiger partial charge in [-0.05, 0) is 51.5 Å². The van der Waals surface area contributed by atoms with Gasteiger partial charge in [0.1, 0.15) is 24.2 Å². The number of aromatic nitrogens is 4. The zero-order chi connectivity index (χ0) is 28.4. The highest BCUT2D eigenvalue weighted by Crippen LogP contribution is 2.32. The van der Waals surface area contributed by atoms with Crippen molar-refractivity contribution in [2.24, 2.45) is 0 Å². The first-order chi connectivity index (χ1) is 19.1. The Kier molecular flexibility index (Phi) is 8.77. The molecular formula is C30H37N7O4. The van der Waals surface area contributed by atoms with E-state index in [2.05, 4.69) is 45.9 Å². The molecule has 0 aromatic carbocycles. The van der Waals surface area contributed by atoms with Crippen LogP contribution in [0, 0.1) is 11.3 Å². The maximum absolute atomic E-state index is 10.1. The molecule has 5 rings (SSSR count). The monoisotopic (exact) mass is 559 g/mol. The van der Waals surface area contributed by atoms with Crippen molar-refractivity contribution >= 4 is 11.3 Å². The average molecular weight is 560 g/mol. The molecule has 1 saturated heterocycles. The summed E-state index contributed by atoms with van der Waals surface area (Å²) in [4.78, 5) is 14.0. The van der Waals surface area contributed by atoms with Gasteiger partial charge in [0, 0.05) is 61.3 Å². The molecule has 3 N–H and O–H groups in total. The Morgan fingerprint density at radius 3 is 2.41 bits per heavy atom. The highest BCUT2D eigenvalue weighted by molar-refractivity contribution is 5.85. The molecule has 0 bridgehead atoms. The zero-order valence-corrected chi connectivity index (χ0v) is 24.1. The summed E-state index contributed by atoms with van der Waals surface area (Å²) in [7, 11) is 1.62. The summed E-state index contributed by atoms with van der Waals surface area (Å²) >= 11 is 0. The molecule has 2 atom stereocenters. The number of ether oxygens (including phenoxy) is 2. The van der Waals surface area contributed by atoms with Crippen LogP contribution in [0.15, 0.2) is 55.1 Å². The van der Waals surface area contributed by atoms with E-state index in [9.17, 15) is 10.4 Å². The van der Waals surface area contributed by atoms with Crippen molar-refractivity contribution in [3.8, 4) is 28.8 Å². The van der Waals surface area contributed by atoms with E-state index in [4.69, 9.17) is 14.5 Å². The Labute approximate surface area is 239 Å².